The van der Waals surface area contributed by atoms with Crippen LogP contribution in [0.2, 0.25) is 0 Å². The van der Waals surface area contributed by atoms with E-state index in [0.717, 1.165) is 48.3 Å². The minimum Gasteiger partial charge on any atom is -0.460 e. The average Bonchev–Trinajstić information content (AvgIpc) is 3.13. The van der Waals surface area contributed by atoms with E-state index < -0.39 is 5.60 Å². The summed E-state index contributed by atoms with van der Waals surface area (Å²) in [7, 11) is 0. The van der Waals surface area contributed by atoms with Crippen LogP contribution in [0.15, 0.2) is 85.1 Å². The summed E-state index contributed by atoms with van der Waals surface area (Å²) in [4.78, 5) is 46.6. The molecule has 2 amide bonds. The van der Waals surface area contributed by atoms with Crippen LogP contribution in [0.3, 0.4) is 0 Å². The van der Waals surface area contributed by atoms with E-state index in [0.29, 0.717) is 40.6 Å². The van der Waals surface area contributed by atoms with Crippen molar-refractivity contribution in [1.82, 2.24) is 10.3 Å². The summed E-state index contributed by atoms with van der Waals surface area (Å²) in [6, 6.07) is 25.5. The monoisotopic (exact) mass is 734 g/mol. The van der Waals surface area contributed by atoms with E-state index in [9.17, 15) is 14.4 Å². The molecule has 4 aromatic rings. The predicted octanol–water partition coefficient (Wildman–Crippen LogP) is 9.43. The van der Waals surface area contributed by atoms with Gasteiger partial charge in [-0.25, -0.2) is 0 Å². The largest absolute Gasteiger partial charge is 0.460 e. The lowest BCUT2D eigenvalue weighted by Crippen LogP contribution is -2.29. The molecule has 8 nitrogen and oxygen atoms in total. The quantitative estimate of drug-likeness (QED) is 0.140. The van der Waals surface area contributed by atoms with Gasteiger partial charge in [0.2, 0.25) is 0 Å². The van der Waals surface area contributed by atoms with Gasteiger partial charge < -0.3 is 20.3 Å². The van der Waals surface area contributed by atoms with Gasteiger partial charge in [0.1, 0.15) is 5.60 Å². The lowest BCUT2D eigenvalue weighted by molar-refractivity contribution is -0.158. The van der Waals surface area contributed by atoms with Crippen LogP contribution in [0, 0.1) is 5.92 Å². The molecular weight excluding hydrogens is 681 g/mol. The van der Waals surface area contributed by atoms with Crippen LogP contribution in [0.25, 0.3) is 11.3 Å². The minimum absolute atomic E-state index is 0.0620. The van der Waals surface area contributed by atoms with Crippen LogP contribution in [-0.4, -0.2) is 47.2 Å². The summed E-state index contributed by atoms with van der Waals surface area (Å²) in [5.74, 6) is 0.403. The Bertz CT molecular complexity index is 1890. The Labute approximate surface area is 319 Å². The molecule has 280 valence electrons. The van der Waals surface area contributed by atoms with Gasteiger partial charge in [-0.1, -0.05) is 64.1 Å². The molecule has 53 heavy (non-hydrogen) atoms. The highest BCUT2D eigenvalue weighted by Crippen LogP contribution is 2.33. The fourth-order valence-corrected chi connectivity index (χ4v) is 7.17. The molecule has 0 radical (unpaired) electrons. The van der Waals surface area contributed by atoms with E-state index in [4.69, 9.17) is 4.74 Å². The lowest BCUT2D eigenvalue weighted by Gasteiger charge is -2.29. The Balaban J connectivity index is 1.31. The first kappa shape index (κ1) is 39.6. The topological polar surface area (TPSA) is 101 Å². The highest BCUT2D eigenvalue weighted by molar-refractivity contribution is 7.98. The summed E-state index contributed by atoms with van der Waals surface area (Å²) in [6.07, 6.45) is 5.13. The molecule has 9 heteroatoms. The van der Waals surface area contributed by atoms with Crippen molar-refractivity contribution in [2.24, 2.45) is 5.92 Å². The van der Waals surface area contributed by atoms with Gasteiger partial charge in [0.05, 0.1) is 17.3 Å². The van der Waals surface area contributed by atoms with Gasteiger partial charge in [0, 0.05) is 59.7 Å². The standard InChI is InChI=1S/C44H54N4O4S/c1-30(42(51)52-44(5,6)7)28-53-29-32-12-11-13-33(24-32)41(50)47-38-19-18-36(48-22-9-8-10-23-48)26-37(38)39-25-34(20-21-45-39)40(49)46-27-31-14-16-35(17-15-31)43(2,3)4/h11-21,24-26,30H,8-10,22-23,27-29H2,1-7H3,(H,46,49)(H,47,50). The number of hydrogen-bond acceptors (Lipinski definition) is 7. The summed E-state index contributed by atoms with van der Waals surface area (Å²) < 4.78 is 5.52. The van der Waals surface area contributed by atoms with Crippen LogP contribution in [0.1, 0.15) is 105 Å². The smallest absolute Gasteiger partial charge is 0.310 e. The normalized spacial score (nSPS) is 14.0. The number of nitrogens with zero attached hydrogens (tertiary/aromatic N) is 2. The minimum atomic E-state index is -0.515. The van der Waals surface area contributed by atoms with Gasteiger partial charge in [0.25, 0.3) is 11.8 Å². The number of nitrogens with one attached hydrogen (secondary N) is 2. The molecule has 0 bridgehead atoms. The number of carbonyl (C=O) groups is 3. The number of carbonyl (C=O) groups excluding carboxylic acids is 3. The molecule has 2 N–H and O–H groups in total. The van der Waals surface area contributed by atoms with Crippen LogP contribution < -0.4 is 15.5 Å². The Kier molecular flexibility index (Phi) is 13.0. The Morgan fingerprint density at radius 2 is 1.55 bits per heavy atom. The van der Waals surface area contributed by atoms with E-state index in [-0.39, 0.29) is 29.1 Å². The molecule has 1 aromatic heterocycles. The summed E-state index contributed by atoms with van der Waals surface area (Å²) in [5, 5.41) is 6.19. The second-order valence-electron chi connectivity index (χ2n) is 15.9. The Morgan fingerprint density at radius 1 is 0.830 bits per heavy atom. The third kappa shape index (κ3) is 11.4. The zero-order valence-corrected chi connectivity index (χ0v) is 33.1. The first-order chi connectivity index (χ1) is 25.2. The molecule has 5 rings (SSSR count). The average molecular weight is 735 g/mol. The van der Waals surface area contributed by atoms with Crippen molar-refractivity contribution in [3.8, 4) is 11.3 Å². The molecule has 0 aliphatic carbocycles. The van der Waals surface area contributed by atoms with E-state index >= 15 is 0 Å². The van der Waals surface area contributed by atoms with Gasteiger partial charge >= 0.3 is 5.97 Å². The number of anilines is 2. The van der Waals surface area contributed by atoms with Crippen molar-refractivity contribution >= 4 is 40.9 Å². The lowest BCUT2D eigenvalue weighted by atomic mass is 9.87. The van der Waals surface area contributed by atoms with Gasteiger partial charge in [-0.3, -0.25) is 19.4 Å². The summed E-state index contributed by atoms with van der Waals surface area (Å²) in [5.41, 5.74) is 6.86. The first-order valence-electron chi connectivity index (χ1n) is 18.6. The van der Waals surface area contributed by atoms with Crippen molar-refractivity contribution < 1.29 is 19.1 Å². The second kappa shape index (κ2) is 17.5. The number of hydrogen-bond donors (Lipinski definition) is 2. The molecule has 1 atom stereocenters. The van der Waals surface area contributed by atoms with E-state index in [2.05, 4.69) is 71.6 Å². The molecule has 0 saturated carbocycles. The molecule has 1 fully saturated rings. The van der Waals surface area contributed by atoms with Crippen molar-refractivity contribution in [3.63, 3.8) is 0 Å². The van der Waals surface area contributed by atoms with Gasteiger partial charge in [-0.15, -0.1) is 0 Å². The maximum Gasteiger partial charge on any atom is 0.310 e. The van der Waals surface area contributed by atoms with Gasteiger partial charge in [-0.05, 0) is 105 Å². The first-order valence-corrected chi connectivity index (χ1v) is 19.8. The third-order valence-corrected chi connectivity index (χ3v) is 10.5. The number of ether oxygens (including phenoxy) is 1. The molecular formula is C44H54N4O4S. The molecule has 2 heterocycles. The van der Waals surface area contributed by atoms with Crippen LogP contribution in [-0.2, 0) is 27.2 Å². The Hall–Kier alpha value is -4.63. The number of benzene rings is 3. The van der Waals surface area contributed by atoms with Gasteiger partial charge in [-0.2, -0.15) is 11.8 Å². The number of aromatic nitrogens is 1. The van der Waals surface area contributed by atoms with Crippen molar-refractivity contribution in [2.45, 2.75) is 91.0 Å². The number of pyridine rings is 1. The fourth-order valence-electron chi connectivity index (χ4n) is 6.15. The van der Waals surface area contributed by atoms with Gasteiger partial charge in [0.15, 0.2) is 0 Å². The van der Waals surface area contributed by atoms with Crippen molar-refractivity contribution in [2.75, 3.05) is 29.1 Å². The zero-order valence-electron chi connectivity index (χ0n) is 32.3. The third-order valence-electron chi connectivity index (χ3n) is 9.18. The number of thioether (sulfide) groups is 1. The van der Waals surface area contributed by atoms with Crippen molar-refractivity contribution in [3.05, 3.63) is 113 Å². The second-order valence-corrected chi connectivity index (χ2v) is 17.0. The summed E-state index contributed by atoms with van der Waals surface area (Å²) >= 11 is 1.64. The van der Waals surface area contributed by atoms with E-state index in [1.807, 2.05) is 58.0 Å². The highest BCUT2D eigenvalue weighted by Gasteiger charge is 2.22. The summed E-state index contributed by atoms with van der Waals surface area (Å²) in [6.45, 7) is 16.4. The fraction of sp³-hybridized carbons (Fsp3) is 0.409. The molecule has 1 aliphatic rings. The maximum atomic E-state index is 13.7. The number of amides is 2. The molecule has 1 aliphatic heterocycles. The number of rotatable bonds is 12. The van der Waals surface area contributed by atoms with Crippen molar-refractivity contribution in [1.29, 1.82) is 0 Å². The highest BCUT2D eigenvalue weighted by atomic mass is 32.2. The molecule has 0 spiro atoms. The maximum absolute atomic E-state index is 13.7. The van der Waals surface area contributed by atoms with E-state index in [1.54, 1.807) is 36.2 Å². The number of piperidine rings is 1. The van der Waals surface area contributed by atoms with Crippen LogP contribution in [0.4, 0.5) is 11.4 Å². The van der Waals surface area contributed by atoms with Crippen LogP contribution >= 0.6 is 11.8 Å². The molecule has 1 unspecified atom stereocenters. The Morgan fingerprint density at radius 3 is 2.25 bits per heavy atom. The molecule has 3 aromatic carbocycles. The predicted molar refractivity (Wildman–Crippen MR) is 218 cm³/mol. The van der Waals surface area contributed by atoms with E-state index in [1.165, 1.54) is 12.0 Å². The van der Waals surface area contributed by atoms with Crippen LogP contribution in [0.5, 0.6) is 0 Å². The zero-order chi connectivity index (χ0) is 38.2. The molecule has 1 saturated heterocycles. The number of esters is 1. The SMILES string of the molecule is CC(CSCc1cccc(C(=O)Nc2ccc(N3CCCCC3)cc2-c2cc(C(=O)NCc3ccc(C(C)(C)C)cc3)ccn2)c1)C(=O)OC(C)(C)C.